The van der Waals surface area contributed by atoms with Crippen LogP contribution in [0.25, 0.3) is 0 Å². The molecule has 1 aliphatic carbocycles. The third kappa shape index (κ3) is 3.61. The SMILES string of the molecule is O=C(Cc1c(Cl)cccc1Cl)NOC1CCCC1. The molecule has 0 spiro atoms. The summed E-state index contributed by atoms with van der Waals surface area (Å²) in [5.74, 6) is -0.225. The molecule has 1 aliphatic rings. The first-order chi connectivity index (χ1) is 8.66. The topological polar surface area (TPSA) is 38.3 Å². The molecule has 1 amide bonds. The van der Waals surface area contributed by atoms with Crippen LogP contribution in [0.5, 0.6) is 0 Å². The summed E-state index contributed by atoms with van der Waals surface area (Å²) in [4.78, 5) is 17.1. The molecule has 1 fully saturated rings. The van der Waals surface area contributed by atoms with E-state index in [2.05, 4.69) is 5.48 Å². The van der Waals surface area contributed by atoms with E-state index in [1.807, 2.05) is 0 Å². The number of carbonyl (C=O) groups excluding carboxylic acids is 1. The lowest BCUT2D eigenvalue weighted by molar-refractivity contribution is -0.137. The Labute approximate surface area is 116 Å². The van der Waals surface area contributed by atoms with Crippen LogP contribution in [0, 0.1) is 0 Å². The minimum absolute atomic E-state index is 0.130. The maximum absolute atomic E-state index is 11.7. The average molecular weight is 288 g/mol. The number of hydrogen-bond acceptors (Lipinski definition) is 2. The Morgan fingerprint density at radius 1 is 1.28 bits per heavy atom. The third-order valence-electron chi connectivity index (χ3n) is 3.04. The molecule has 0 aliphatic heterocycles. The molecule has 1 N–H and O–H groups in total. The highest BCUT2D eigenvalue weighted by atomic mass is 35.5. The van der Waals surface area contributed by atoms with Crippen LogP contribution in [0.4, 0.5) is 0 Å². The Kier molecular flexibility index (Phi) is 4.87. The number of halogens is 2. The lowest BCUT2D eigenvalue weighted by Gasteiger charge is -2.12. The molecule has 0 aromatic heterocycles. The highest BCUT2D eigenvalue weighted by molar-refractivity contribution is 6.36. The zero-order valence-corrected chi connectivity index (χ0v) is 11.4. The molecule has 0 bridgehead atoms. The zero-order valence-electron chi connectivity index (χ0n) is 9.92. The molecule has 0 heterocycles. The molecule has 0 saturated heterocycles. The quantitative estimate of drug-likeness (QED) is 0.861. The highest BCUT2D eigenvalue weighted by Gasteiger charge is 2.17. The molecule has 1 saturated carbocycles. The van der Waals surface area contributed by atoms with E-state index in [0.717, 1.165) is 25.7 Å². The number of carbonyl (C=O) groups is 1. The van der Waals surface area contributed by atoms with E-state index in [0.29, 0.717) is 15.6 Å². The number of benzene rings is 1. The van der Waals surface area contributed by atoms with Crippen LogP contribution in [-0.2, 0) is 16.1 Å². The molecule has 5 heteroatoms. The average Bonchev–Trinajstić information content (AvgIpc) is 2.84. The van der Waals surface area contributed by atoms with Gasteiger partial charge < -0.3 is 0 Å². The van der Waals surface area contributed by atoms with Crippen LogP contribution in [0.15, 0.2) is 18.2 Å². The van der Waals surface area contributed by atoms with Gasteiger partial charge in [0, 0.05) is 10.0 Å². The van der Waals surface area contributed by atoms with Gasteiger partial charge in [-0.2, -0.15) is 0 Å². The number of rotatable bonds is 4. The van der Waals surface area contributed by atoms with E-state index in [-0.39, 0.29) is 18.4 Å². The Hall–Kier alpha value is -0.770. The van der Waals surface area contributed by atoms with Crippen molar-refractivity contribution in [2.24, 2.45) is 0 Å². The van der Waals surface area contributed by atoms with Crippen molar-refractivity contribution in [3.05, 3.63) is 33.8 Å². The standard InChI is InChI=1S/C13H15Cl2NO2/c14-11-6-3-7-12(15)10(11)8-13(17)16-18-9-4-1-2-5-9/h3,6-7,9H,1-2,4-5,8H2,(H,16,17). The second-order valence-electron chi connectivity index (χ2n) is 4.43. The van der Waals surface area contributed by atoms with Crippen molar-refractivity contribution in [3.8, 4) is 0 Å². The van der Waals surface area contributed by atoms with Gasteiger partial charge in [-0.3, -0.25) is 9.63 Å². The lowest BCUT2D eigenvalue weighted by atomic mass is 10.1. The summed E-state index contributed by atoms with van der Waals surface area (Å²) >= 11 is 12.0. The maximum Gasteiger partial charge on any atom is 0.248 e. The van der Waals surface area contributed by atoms with Crippen molar-refractivity contribution >= 4 is 29.1 Å². The van der Waals surface area contributed by atoms with E-state index in [4.69, 9.17) is 28.0 Å². The van der Waals surface area contributed by atoms with Crippen molar-refractivity contribution in [2.75, 3.05) is 0 Å². The first-order valence-corrected chi connectivity index (χ1v) is 6.80. The molecule has 3 nitrogen and oxygen atoms in total. The minimum atomic E-state index is -0.225. The minimum Gasteiger partial charge on any atom is -0.272 e. The predicted octanol–water partition coefficient (Wildman–Crippen LogP) is 3.53. The summed E-state index contributed by atoms with van der Waals surface area (Å²) in [5, 5.41) is 0.997. The van der Waals surface area contributed by atoms with Crippen LogP contribution >= 0.6 is 23.2 Å². The summed E-state index contributed by atoms with van der Waals surface area (Å²) in [6, 6.07) is 5.18. The first kappa shape index (κ1) is 13.7. The lowest BCUT2D eigenvalue weighted by Crippen LogP contribution is -2.29. The smallest absolute Gasteiger partial charge is 0.248 e. The van der Waals surface area contributed by atoms with E-state index in [1.54, 1.807) is 18.2 Å². The van der Waals surface area contributed by atoms with Gasteiger partial charge in [-0.25, -0.2) is 5.48 Å². The molecule has 18 heavy (non-hydrogen) atoms. The van der Waals surface area contributed by atoms with Gasteiger partial charge in [-0.05, 0) is 30.5 Å². The van der Waals surface area contributed by atoms with E-state index in [1.165, 1.54) is 0 Å². The Balaban J connectivity index is 1.86. The summed E-state index contributed by atoms with van der Waals surface area (Å²) in [6.07, 6.45) is 4.62. The third-order valence-corrected chi connectivity index (χ3v) is 3.75. The van der Waals surface area contributed by atoms with Gasteiger partial charge in [0.05, 0.1) is 12.5 Å². The van der Waals surface area contributed by atoms with Gasteiger partial charge in [0.25, 0.3) is 0 Å². The maximum atomic E-state index is 11.7. The second kappa shape index (κ2) is 6.41. The van der Waals surface area contributed by atoms with Crippen molar-refractivity contribution in [1.82, 2.24) is 5.48 Å². The molecule has 2 rings (SSSR count). The number of hydroxylamine groups is 1. The normalized spacial score (nSPS) is 15.9. The fourth-order valence-corrected chi connectivity index (χ4v) is 2.58. The fraction of sp³-hybridized carbons (Fsp3) is 0.462. The highest BCUT2D eigenvalue weighted by Crippen LogP contribution is 2.25. The molecule has 1 aromatic rings. The van der Waals surface area contributed by atoms with Gasteiger partial charge in [0.2, 0.25) is 5.91 Å². The van der Waals surface area contributed by atoms with Gasteiger partial charge in [-0.1, -0.05) is 42.1 Å². The van der Waals surface area contributed by atoms with E-state index in [9.17, 15) is 4.79 Å². The van der Waals surface area contributed by atoms with Gasteiger partial charge in [0.1, 0.15) is 0 Å². The Morgan fingerprint density at radius 2 is 1.89 bits per heavy atom. The monoisotopic (exact) mass is 287 g/mol. The van der Waals surface area contributed by atoms with Crippen LogP contribution in [-0.4, -0.2) is 12.0 Å². The van der Waals surface area contributed by atoms with Crippen molar-refractivity contribution in [3.63, 3.8) is 0 Å². The van der Waals surface area contributed by atoms with Gasteiger partial charge >= 0.3 is 0 Å². The van der Waals surface area contributed by atoms with Gasteiger partial charge in [0.15, 0.2) is 0 Å². The number of hydrogen-bond donors (Lipinski definition) is 1. The van der Waals surface area contributed by atoms with Crippen LogP contribution in [0.3, 0.4) is 0 Å². The Bertz CT molecular complexity index is 411. The molecule has 1 aromatic carbocycles. The summed E-state index contributed by atoms with van der Waals surface area (Å²) in [5.41, 5.74) is 3.10. The second-order valence-corrected chi connectivity index (χ2v) is 5.24. The van der Waals surface area contributed by atoms with Crippen molar-refractivity contribution in [2.45, 2.75) is 38.2 Å². The zero-order chi connectivity index (χ0) is 13.0. The molecule has 98 valence electrons. The van der Waals surface area contributed by atoms with Crippen LogP contribution < -0.4 is 5.48 Å². The molecular weight excluding hydrogens is 273 g/mol. The van der Waals surface area contributed by atoms with E-state index < -0.39 is 0 Å². The van der Waals surface area contributed by atoms with Crippen molar-refractivity contribution in [1.29, 1.82) is 0 Å². The largest absolute Gasteiger partial charge is 0.272 e. The molecular formula is C13H15Cl2NO2. The fourth-order valence-electron chi connectivity index (χ4n) is 2.05. The summed E-state index contributed by atoms with van der Waals surface area (Å²) in [7, 11) is 0. The van der Waals surface area contributed by atoms with Crippen molar-refractivity contribution < 1.29 is 9.63 Å². The summed E-state index contributed by atoms with van der Waals surface area (Å²) in [6.45, 7) is 0. The van der Waals surface area contributed by atoms with Crippen LogP contribution in [0.2, 0.25) is 10.0 Å². The van der Waals surface area contributed by atoms with E-state index >= 15 is 0 Å². The van der Waals surface area contributed by atoms with Gasteiger partial charge in [-0.15, -0.1) is 0 Å². The molecule has 0 radical (unpaired) electrons. The Morgan fingerprint density at radius 3 is 2.50 bits per heavy atom. The van der Waals surface area contributed by atoms with Crippen LogP contribution in [0.1, 0.15) is 31.2 Å². The molecule has 0 atom stereocenters. The summed E-state index contributed by atoms with van der Waals surface area (Å²) < 4.78 is 0. The first-order valence-electron chi connectivity index (χ1n) is 6.04. The number of nitrogens with one attached hydrogen (secondary N) is 1. The number of amides is 1. The predicted molar refractivity (Wildman–Crippen MR) is 71.6 cm³/mol. The molecule has 0 unspecified atom stereocenters.